The summed E-state index contributed by atoms with van der Waals surface area (Å²) in [6.07, 6.45) is 3.62. The highest BCUT2D eigenvalue weighted by Crippen LogP contribution is 2.22. The van der Waals surface area contributed by atoms with Crippen molar-refractivity contribution in [3.05, 3.63) is 35.4 Å². The first kappa shape index (κ1) is 16.0. The number of hydrogen-bond donors (Lipinski definition) is 1. The van der Waals surface area contributed by atoms with Crippen LogP contribution in [0.5, 0.6) is 0 Å². The Morgan fingerprint density at radius 1 is 1.38 bits per heavy atom. The molecule has 1 N–H and O–H groups in total. The molecule has 1 aliphatic rings. The zero-order valence-corrected chi connectivity index (χ0v) is 12.8. The summed E-state index contributed by atoms with van der Waals surface area (Å²) < 4.78 is 4.77. The highest BCUT2D eigenvalue weighted by atomic mass is 16.5. The first-order valence-corrected chi connectivity index (χ1v) is 7.69. The van der Waals surface area contributed by atoms with Crippen molar-refractivity contribution in [2.45, 2.75) is 32.2 Å². The van der Waals surface area contributed by atoms with E-state index in [1.54, 1.807) is 0 Å². The molecule has 21 heavy (non-hydrogen) atoms. The van der Waals surface area contributed by atoms with E-state index >= 15 is 0 Å². The van der Waals surface area contributed by atoms with Gasteiger partial charge in [-0.05, 0) is 42.9 Å². The summed E-state index contributed by atoms with van der Waals surface area (Å²) in [6, 6.07) is 8.08. The first-order chi connectivity index (χ1) is 10.2. The number of aliphatic hydroxyl groups is 1. The van der Waals surface area contributed by atoms with Crippen molar-refractivity contribution in [2.24, 2.45) is 5.92 Å². The second-order valence-electron chi connectivity index (χ2n) is 5.78. The molecule has 0 bridgehead atoms. The van der Waals surface area contributed by atoms with Gasteiger partial charge in [-0.15, -0.1) is 0 Å². The first-order valence-electron chi connectivity index (χ1n) is 7.69. The SMILES string of the molecule is COC(=O)Cc1ccccc1CN1CCCC(CCO)C1. The second-order valence-corrected chi connectivity index (χ2v) is 5.78. The van der Waals surface area contributed by atoms with Crippen molar-refractivity contribution >= 4 is 5.97 Å². The van der Waals surface area contributed by atoms with Crippen molar-refractivity contribution in [1.82, 2.24) is 4.90 Å². The summed E-state index contributed by atoms with van der Waals surface area (Å²) in [4.78, 5) is 13.9. The number of aliphatic hydroxyl groups excluding tert-OH is 1. The number of benzene rings is 1. The second kappa shape index (κ2) is 8.15. The van der Waals surface area contributed by atoms with Crippen molar-refractivity contribution in [3.8, 4) is 0 Å². The average Bonchev–Trinajstić information content (AvgIpc) is 2.50. The summed E-state index contributed by atoms with van der Waals surface area (Å²) >= 11 is 0. The number of rotatable bonds is 6. The van der Waals surface area contributed by atoms with Gasteiger partial charge in [0.1, 0.15) is 0 Å². The number of piperidine rings is 1. The normalized spacial score (nSPS) is 19.4. The van der Waals surface area contributed by atoms with E-state index in [2.05, 4.69) is 11.0 Å². The standard InChI is InChI=1S/C17H25NO3/c1-21-17(20)11-15-6-2-3-7-16(15)13-18-9-4-5-14(12-18)8-10-19/h2-3,6-7,14,19H,4-5,8-13H2,1H3. The lowest BCUT2D eigenvalue weighted by Gasteiger charge is -2.33. The molecule has 1 aromatic rings. The third kappa shape index (κ3) is 4.83. The van der Waals surface area contributed by atoms with Gasteiger partial charge in [0.25, 0.3) is 0 Å². The number of carbonyl (C=O) groups is 1. The number of ether oxygens (including phenoxy) is 1. The maximum absolute atomic E-state index is 11.5. The van der Waals surface area contributed by atoms with E-state index in [0.717, 1.165) is 31.6 Å². The van der Waals surface area contributed by atoms with E-state index in [1.165, 1.54) is 25.5 Å². The molecule has 1 heterocycles. The largest absolute Gasteiger partial charge is 0.469 e. The molecule has 0 aliphatic carbocycles. The Balaban J connectivity index is 2.00. The number of esters is 1. The van der Waals surface area contributed by atoms with Crippen molar-refractivity contribution in [1.29, 1.82) is 0 Å². The minimum absolute atomic E-state index is 0.195. The van der Waals surface area contributed by atoms with Gasteiger partial charge in [0.15, 0.2) is 0 Å². The van der Waals surface area contributed by atoms with Gasteiger partial charge in [-0.25, -0.2) is 0 Å². The number of hydrogen-bond acceptors (Lipinski definition) is 4. The Hall–Kier alpha value is -1.39. The van der Waals surface area contributed by atoms with Crippen LogP contribution in [-0.2, 0) is 22.5 Å². The smallest absolute Gasteiger partial charge is 0.309 e. The molecule has 0 aromatic heterocycles. The lowest BCUT2D eigenvalue weighted by Crippen LogP contribution is -2.35. The molecule has 0 spiro atoms. The Morgan fingerprint density at radius 2 is 2.14 bits per heavy atom. The Labute approximate surface area is 126 Å². The monoisotopic (exact) mass is 291 g/mol. The number of likely N-dealkylation sites (tertiary alicyclic amines) is 1. The zero-order valence-electron chi connectivity index (χ0n) is 12.8. The summed E-state index contributed by atoms with van der Waals surface area (Å²) in [5.41, 5.74) is 2.25. The fourth-order valence-corrected chi connectivity index (χ4v) is 3.07. The van der Waals surface area contributed by atoms with Crippen LogP contribution in [0.2, 0.25) is 0 Å². The summed E-state index contributed by atoms with van der Waals surface area (Å²) in [7, 11) is 1.43. The molecule has 0 saturated carbocycles. The Kier molecular flexibility index (Phi) is 6.21. The van der Waals surface area contributed by atoms with E-state index < -0.39 is 0 Å². The molecule has 1 saturated heterocycles. The summed E-state index contributed by atoms with van der Waals surface area (Å²) in [6.45, 7) is 3.27. The minimum atomic E-state index is -0.195. The molecule has 1 aromatic carbocycles. The van der Waals surface area contributed by atoms with Crippen LogP contribution in [0.4, 0.5) is 0 Å². The van der Waals surface area contributed by atoms with Crippen molar-refractivity contribution in [2.75, 3.05) is 26.8 Å². The molecular formula is C17H25NO3. The molecule has 4 heteroatoms. The third-order valence-corrected chi connectivity index (χ3v) is 4.22. The van der Waals surface area contributed by atoms with Gasteiger partial charge >= 0.3 is 5.97 Å². The number of carbonyl (C=O) groups excluding carboxylic acids is 1. The molecule has 2 rings (SSSR count). The molecule has 1 atom stereocenters. The molecule has 0 radical (unpaired) electrons. The van der Waals surface area contributed by atoms with Crippen LogP contribution in [0, 0.1) is 5.92 Å². The number of methoxy groups -OCH3 is 1. The predicted octanol–water partition coefficient (Wildman–Crippen LogP) is 2.00. The van der Waals surface area contributed by atoms with Crippen LogP contribution in [0.3, 0.4) is 0 Å². The van der Waals surface area contributed by atoms with Gasteiger partial charge in [0, 0.05) is 19.7 Å². The van der Waals surface area contributed by atoms with Crippen LogP contribution in [0.15, 0.2) is 24.3 Å². The molecule has 1 unspecified atom stereocenters. The lowest BCUT2D eigenvalue weighted by atomic mass is 9.94. The van der Waals surface area contributed by atoms with Crippen molar-refractivity contribution < 1.29 is 14.6 Å². The molecule has 116 valence electrons. The maximum Gasteiger partial charge on any atom is 0.309 e. The van der Waals surface area contributed by atoms with Crippen LogP contribution >= 0.6 is 0 Å². The van der Waals surface area contributed by atoms with Gasteiger partial charge < -0.3 is 9.84 Å². The zero-order chi connectivity index (χ0) is 15.1. The molecule has 1 aliphatic heterocycles. The van der Waals surface area contributed by atoms with E-state index in [9.17, 15) is 4.79 Å². The van der Waals surface area contributed by atoms with Gasteiger partial charge in [0.2, 0.25) is 0 Å². The lowest BCUT2D eigenvalue weighted by molar-refractivity contribution is -0.139. The third-order valence-electron chi connectivity index (χ3n) is 4.22. The highest BCUT2D eigenvalue weighted by Gasteiger charge is 2.20. The van der Waals surface area contributed by atoms with Gasteiger partial charge in [-0.2, -0.15) is 0 Å². The predicted molar refractivity (Wildman–Crippen MR) is 81.9 cm³/mol. The Morgan fingerprint density at radius 3 is 2.86 bits per heavy atom. The number of nitrogens with zero attached hydrogens (tertiary/aromatic N) is 1. The van der Waals surface area contributed by atoms with E-state index in [-0.39, 0.29) is 12.6 Å². The summed E-state index contributed by atoms with van der Waals surface area (Å²) in [5, 5.41) is 9.09. The summed E-state index contributed by atoms with van der Waals surface area (Å²) in [5.74, 6) is 0.399. The molecule has 1 fully saturated rings. The van der Waals surface area contributed by atoms with Crippen LogP contribution < -0.4 is 0 Å². The Bertz CT molecular complexity index is 459. The molecule has 0 amide bonds. The fraction of sp³-hybridized carbons (Fsp3) is 0.588. The van der Waals surface area contributed by atoms with E-state index in [4.69, 9.17) is 9.84 Å². The topological polar surface area (TPSA) is 49.8 Å². The van der Waals surface area contributed by atoms with Gasteiger partial charge in [-0.3, -0.25) is 9.69 Å². The van der Waals surface area contributed by atoms with Gasteiger partial charge in [0.05, 0.1) is 13.5 Å². The van der Waals surface area contributed by atoms with Crippen LogP contribution in [0.25, 0.3) is 0 Å². The fourth-order valence-electron chi connectivity index (χ4n) is 3.07. The minimum Gasteiger partial charge on any atom is -0.469 e. The maximum atomic E-state index is 11.5. The van der Waals surface area contributed by atoms with Crippen molar-refractivity contribution in [3.63, 3.8) is 0 Å². The quantitative estimate of drug-likeness (QED) is 0.815. The van der Waals surface area contributed by atoms with Crippen LogP contribution in [0.1, 0.15) is 30.4 Å². The highest BCUT2D eigenvalue weighted by molar-refractivity contribution is 5.72. The molecular weight excluding hydrogens is 266 g/mol. The van der Waals surface area contributed by atoms with Gasteiger partial charge in [-0.1, -0.05) is 24.3 Å². The molecule has 4 nitrogen and oxygen atoms in total. The van der Waals surface area contributed by atoms with E-state index in [0.29, 0.717) is 12.3 Å². The van der Waals surface area contributed by atoms with Crippen LogP contribution in [-0.4, -0.2) is 42.8 Å². The average molecular weight is 291 g/mol. The van der Waals surface area contributed by atoms with E-state index in [1.807, 2.05) is 18.2 Å².